The summed E-state index contributed by atoms with van der Waals surface area (Å²) in [5.74, 6) is -0.0586. The van der Waals surface area contributed by atoms with Crippen molar-refractivity contribution in [2.45, 2.75) is 12.2 Å². The van der Waals surface area contributed by atoms with Gasteiger partial charge in [-0.1, -0.05) is 11.6 Å². The van der Waals surface area contributed by atoms with Crippen LogP contribution < -0.4 is 0 Å². The van der Waals surface area contributed by atoms with Crippen LogP contribution in [0.15, 0.2) is 4.40 Å². The monoisotopic (exact) mass is 185 g/mol. The molecule has 0 bridgehead atoms. The van der Waals surface area contributed by atoms with Crippen LogP contribution in [0.2, 0.25) is 0 Å². The van der Waals surface area contributed by atoms with Crippen LogP contribution in [0, 0.1) is 0 Å². The molecule has 0 saturated heterocycles. The third-order valence-corrected chi connectivity index (χ3v) is 2.05. The van der Waals surface area contributed by atoms with Gasteiger partial charge in [0.1, 0.15) is 0 Å². The highest BCUT2D eigenvalue weighted by Gasteiger charge is 2.24. The lowest BCUT2D eigenvalue weighted by molar-refractivity contribution is -0.111. The second-order valence-corrected chi connectivity index (χ2v) is 2.95. The first kappa shape index (κ1) is 9.27. The highest BCUT2D eigenvalue weighted by molar-refractivity contribution is 8.00. The SMILES string of the molecule is CC1SN=C(Cl)C1=O.Cl. The number of Topliss-reactive ketones (excluding diaryl/α,β-unsaturated/α-hetero) is 1. The summed E-state index contributed by atoms with van der Waals surface area (Å²) in [6.45, 7) is 1.78. The van der Waals surface area contributed by atoms with Gasteiger partial charge in [-0.3, -0.25) is 4.79 Å². The summed E-state index contributed by atoms with van der Waals surface area (Å²) in [5.41, 5.74) is 0. The Balaban J connectivity index is 0.000000640. The lowest BCUT2D eigenvalue weighted by Crippen LogP contribution is -2.12. The second-order valence-electron chi connectivity index (χ2n) is 1.49. The Morgan fingerprint density at radius 1 is 1.78 bits per heavy atom. The van der Waals surface area contributed by atoms with Crippen LogP contribution in [-0.2, 0) is 4.79 Å². The van der Waals surface area contributed by atoms with E-state index in [1.54, 1.807) is 6.92 Å². The summed E-state index contributed by atoms with van der Waals surface area (Å²) in [6, 6.07) is 0. The molecule has 2 nitrogen and oxygen atoms in total. The van der Waals surface area contributed by atoms with Gasteiger partial charge in [0, 0.05) is 0 Å². The summed E-state index contributed by atoms with van der Waals surface area (Å²) in [6.07, 6.45) is 0. The molecule has 1 rings (SSSR count). The van der Waals surface area contributed by atoms with Crippen molar-refractivity contribution in [1.82, 2.24) is 0 Å². The van der Waals surface area contributed by atoms with Crippen molar-refractivity contribution in [3.05, 3.63) is 0 Å². The number of hydrogen-bond acceptors (Lipinski definition) is 3. The van der Waals surface area contributed by atoms with E-state index in [9.17, 15) is 4.79 Å². The van der Waals surface area contributed by atoms with Crippen LogP contribution in [-0.4, -0.2) is 16.2 Å². The first-order chi connectivity index (χ1) is 3.72. The van der Waals surface area contributed by atoms with Gasteiger partial charge in [-0.25, -0.2) is 0 Å². The molecule has 0 aromatic carbocycles. The predicted octanol–water partition coefficient (Wildman–Crippen LogP) is 1.66. The Kier molecular flexibility index (Phi) is 3.54. The third-order valence-electron chi connectivity index (χ3n) is 0.864. The fraction of sp³-hybridized carbons (Fsp3) is 0.500. The second kappa shape index (κ2) is 3.44. The smallest absolute Gasteiger partial charge is 0.207 e. The molecule has 0 saturated carbocycles. The van der Waals surface area contributed by atoms with Gasteiger partial charge in [0.05, 0.1) is 5.25 Å². The van der Waals surface area contributed by atoms with Gasteiger partial charge in [-0.05, 0) is 18.9 Å². The van der Waals surface area contributed by atoms with Crippen molar-refractivity contribution < 1.29 is 4.79 Å². The van der Waals surface area contributed by atoms with Gasteiger partial charge in [0.2, 0.25) is 5.78 Å². The number of carbonyl (C=O) groups excluding carboxylic acids is 1. The zero-order valence-electron chi connectivity index (χ0n) is 4.63. The molecule has 0 aromatic rings. The van der Waals surface area contributed by atoms with Crippen LogP contribution in [0.5, 0.6) is 0 Å². The van der Waals surface area contributed by atoms with E-state index in [0.717, 1.165) is 0 Å². The van der Waals surface area contributed by atoms with Gasteiger partial charge < -0.3 is 0 Å². The predicted molar refractivity (Wildman–Crippen MR) is 42.6 cm³/mol. The molecule has 1 atom stereocenters. The molecule has 1 heterocycles. The quantitative estimate of drug-likeness (QED) is 0.538. The molecule has 1 aliphatic heterocycles. The Morgan fingerprint density at radius 3 is 2.44 bits per heavy atom. The minimum atomic E-state index is -0.0671. The standard InChI is InChI=1S/C4H4ClNOS.ClH/c1-2-3(7)4(5)6-8-2;/h2H,1H3;1H. The lowest BCUT2D eigenvalue weighted by Gasteiger charge is -1.89. The molecular weight excluding hydrogens is 181 g/mol. The van der Waals surface area contributed by atoms with Crippen LogP contribution in [0.4, 0.5) is 0 Å². The number of nitrogens with zero attached hydrogens (tertiary/aromatic N) is 1. The fourth-order valence-corrected chi connectivity index (χ4v) is 1.28. The molecule has 0 N–H and O–H groups in total. The molecular formula is C4H5Cl2NOS. The maximum atomic E-state index is 10.6. The first-order valence-electron chi connectivity index (χ1n) is 2.15. The van der Waals surface area contributed by atoms with Crippen LogP contribution in [0.25, 0.3) is 0 Å². The minimum absolute atomic E-state index is 0. The first-order valence-corrected chi connectivity index (χ1v) is 3.37. The van der Waals surface area contributed by atoms with Crippen molar-refractivity contribution in [3.63, 3.8) is 0 Å². The Hall–Kier alpha value is 0.270. The summed E-state index contributed by atoms with van der Waals surface area (Å²) >= 11 is 6.56. The normalized spacial score (nSPS) is 25.3. The van der Waals surface area contributed by atoms with Crippen molar-refractivity contribution in [1.29, 1.82) is 0 Å². The highest BCUT2D eigenvalue weighted by Crippen LogP contribution is 2.22. The average Bonchev–Trinajstić information content (AvgIpc) is 1.98. The van der Waals surface area contributed by atoms with Gasteiger partial charge >= 0.3 is 0 Å². The number of ketones is 1. The zero-order valence-corrected chi connectivity index (χ0v) is 7.02. The third kappa shape index (κ3) is 1.85. The summed E-state index contributed by atoms with van der Waals surface area (Å²) in [7, 11) is 0. The number of carbonyl (C=O) groups is 1. The van der Waals surface area contributed by atoms with E-state index in [2.05, 4.69) is 4.40 Å². The molecule has 1 unspecified atom stereocenters. The molecule has 1 aliphatic rings. The number of hydrogen-bond donors (Lipinski definition) is 0. The zero-order chi connectivity index (χ0) is 6.15. The Bertz CT molecular complexity index is 159. The summed E-state index contributed by atoms with van der Waals surface area (Å²) < 4.78 is 3.65. The summed E-state index contributed by atoms with van der Waals surface area (Å²) in [5, 5.41) is 0.0602. The molecule has 0 amide bonds. The molecule has 0 spiro atoms. The molecule has 0 fully saturated rings. The van der Waals surface area contributed by atoms with Crippen molar-refractivity contribution in [2.24, 2.45) is 4.40 Å². The molecule has 0 aliphatic carbocycles. The van der Waals surface area contributed by atoms with Gasteiger partial charge in [0.15, 0.2) is 5.17 Å². The van der Waals surface area contributed by atoms with Crippen LogP contribution >= 0.6 is 36.0 Å². The molecule has 0 radical (unpaired) electrons. The Labute approximate surface area is 68.6 Å². The van der Waals surface area contributed by atoms with Crippen molar-refractivity contribution >= 4 is 46.9 Å². The van der Waals surface area contributed by atoms with Crippen molar-refractivity contribution in [3.8, 4) is 0 Å². The topological polar surface area (TPSA) is 29.4 Å². The minimum Gasteiger partial charge on any atom is -0.290 e. The van der Waals surface area contributed by atoms with Crippen LogP contribution in [0.1, 0.15) is 6.92 Å². The maximum absolute atomic E-state index is 10.6. The van der Waals surface area contributed by atoms with Gasteiger partial charge in [0.25, 0.3) is 0 Å². The molecule has 52 valence electrons. The average molecular weight is 186 g/mol. The fourth-order valence-electron chi connectivity index (χ4n) is 0.386. The molecule has 5 heteroatoms. The van der Waals surface area contributed by atoms with Crippen molar-refractivity contribution in [2.75, 3.05) is 0 Å². The number of halogens is 2. The number of rotatable bonds is 0. The largest absolute Gasteiger partial charge is 0.290 e. The van der Waals surface area contributed by atoms with E-state index in [1.807, 2.05) is 0 Å². The highest BCUT2D eigenvalue weighted by atomic mass is 35.5. The van der Waals surface area contributed by atoms with E-state index in [-0.39, 0.29) is 28.6 Å². The maximum Gasteiger partial charge on any atom is 0.207 e. The molecule has 0 aromatic heterocycles. The van der Waals surface area contributed by atoms with Gasteiger partial charge in [-0.15, -0.1) is 12.4 Å². The van der Waals surface area contributed by atoms with E-state index in [4.69, 9.17) is 11.6 Å². The van der Waals surface area contributed by atoms with Gasteiger partial charge in [-0.2, -0.15) is 4.40 Å². The summed E-state index contributed by atoms with van der Waals surface area (Å²) in [4.78, 5) is 10.6. The van der Waals surface area contributed by atoms with E-state index >= 15 is 0 Å². The lowest BCUT2D eigenvalue weighted by atomic mass is 10.3. The van der Waals surface area contributed by atoms with E-state index in [0.29, 0.717) is 0 Å². The Morgan fingerprint density at radius 2 is 2.33 bits per heavy atom. The van der Waals surface area contributed by atoms with E-state index in [1.165, 1.54) is 11.9 Å². The van der Waals surface area contributed by atoms with E-state index < -0.39 is 0 Å². The van der Waals surface area contributed by atoms with Crippen LogP contribution in [0.3, 0.4) is 0 Å². The molecule has 9 heavy (non-hydrogen) atoms.